The molecule has 0 saturated carbocycles. The van der Waals surface area contributed by atoms with Crippen molar-refractivity contribution in [2.24, 2.45) is 0 Å². The van der Waals surface area contributed by atoms with E-state index < -0.39 is 6.04 Å². The fraction of sp³-hybridized carbons (Fsp3) is 0.484. The molecule has 0 aliphatic carbocycles. The monoisotopic (exact) mass is 544 g/mol. The van der Waals surface area contributed by atoms with Crippen molar-refractivity contribution >= 4 is 10.9 Å². The van der Waals surface area contributed by atoms with E-state index in [9.17, 15) is 4.79 Å². The number of rotatable bonds is 11. The van der Waals surface area contributed by atoms with Crippen LogP contribution in [0.25, 0.3) is 10.9 Å². The summed E-state index contributed by atoms with van der Waals surface area (Å²) in [5, 5.41) is 14.1. The number of aromatic amines is 1. The lowest BCUT2D eigenvalue weighted by Gasteiger charge is -2.34. The highest BCUT2D eigenvalue weighted by molar-refractivity contribution is 5.79. The first kappa shape index (κ1) is 28.0. The third-order valence-electron chi connectivity index (χ3n) is 7.95. The van der Waals surface area contributed by atoms with Gasteiger partial charge in [0, 0.05) is 30.8 Å². The zero-order valence-corrected chi connectivity index (χ0v) is 24.2. The van der Waals surface area contributed by atoms with E-state index in [1.807, 2.05) is 42.8 Å². The Labute approximate surface area is 235 Å². The molecule has 0 unspecified atom stereocenters. The number of aryl methyl sites for hydroxylation is 1. The molecule has 4 aromatic rings. The quantitative estimate of drug-likeness (QED) is 0.279. The predicted molar refractivity (Wildman–Crippen MR) is 156 cm³/mol. The molecule has 1 N–H and O–H groups in total. The summed E-state index contributed by atoms with van der Waals surface area (Å²) in [5.74, 6) is 1.48. The minimum Gasteiger partial charge on any atom is -0.494 e. The standard InChI is InChI=1S/C31H40N6O3/c1-6-31(4,5)37-29(33-34-35-37)28(26-18-23-13-10-21(3)17-27(23)32-30(26)38)36(20-25-9-8-16-40-25)19-22-11-14-24(15-12-22)39-7-2/h10-15,17-18,25,28H,6-9,16,19-20H2,1-5H3,(H,32,38)/t25-,28-/m0/s1. The average molecular weight is 545 g/mol. The summed E-state index contributed by atoms with van der Waals surface area (Å²) in [6.07, 6.45) is 2.90. The minimum atomic E-state index is -0.494. The Bertz CT molecular complexity index is 1490. The van der Waals surface area contributed by atoms with Crippen LogP contribution in [0.4, 0.5) is 0 Å². The van der Waals surface area contributed by atoms with Crippen LogP contribution in [0.15, 0.2) is 53.3 Å². The van der Waals surface area contributed by atoms with Crippen LogP contribution in [0.3, 0.4) is 0 Å². The zero-order valence-electron chi connectivity index (χ0n) is 24.2. The SMILES string of the molecule is CCOc1ccc(CN(C[C@@H]2CCCO2)[C@@H](c2cc3ccc(C)cc3[nH]c2=O)c2nnnn2C(C)(C)CC)cc1. The molecule has 2 aromatic carbocycles. The summed E-state index contributed by atoms with van der Waals surface area (Å²) >= 11 is 0. The third kappa shape index (κ3) is 5.95. The highest BCUT2D eigenvalue weighted by atomic mass is 16.5. The van der Waals surface area contributed by atoms with Crippen LogP contribution in [-0.2, 0) is 16.8 Å². The van der Waals surface area contributed by atoms with E-state index in [0.717, 1.165) is 53.6 Å². The molecule has 9 nitrogen and oxygen atoms in total. The van der Waals surface area contributed by atoms with Gasteiger partial charge in [-0.25, -0.2) is 4.68 Å². The maximum absolute atomic E-state index is 13.8. The van der Waals surface area contributed by atoms with E-state index in [4.69, 9.17) is 9.47 Å². The van der Waals surface area contributed by atoms with E-state index in [1.54, 1.807) is 0 Å². The summed E-state index contributed by atoms with van der Waals surface area (Å²) in [6, 6.07) is 15.8. The number of pyridine rings is 1. The molecule has 0 spiro atoms. The van der Waals surface area contributed by atoms with Gasteiger partial charge >= 0.3 is 0 Å². The van der Waals surface area contributed by atoms with E-state index in [0.29, 0.717) is 31.1 Å². The third-order valence-corrected chi connectivity index (χ3v) is 7.95. The van der Waals surface area contributed by atoms with Crippen LogP contribution in [-0.4, -0.2) is 56.0 Å². The van der Waals surface area contributed by atoms with Gasteiger partial charge in [0.15, 0.2) is 5.82 Å². The van der Waals surface area contributed by atoms with Crippen LogP contribution in [0, 0.1) is 6.92 Å². The maximum Gasteiger partial charge on any atom is 0.253 e. The molecule has 0 amide bonds. The Morgan fingerprint density at radius 2 is 1.98 bits per heavy atom. The fourth-order valence-electron chi connectivity index (χ4n) is 5.38. The molecule has 3 heterocycles. The number of ether oxygens (including phenoxy) is 2. The van der Waals surface area contributed by atoms with Crippen LogP contribution in [0.1, 0.15) is 75.5 Å². The summed E-state index contributed by atoms with van der Waals surface area (Å²) in [5.41, 5.74) is 3.15. The number of aromatic nitrogens is 5. The molecule has 1 aliphatic rings. The van der Waals surface area contributed by atoms with Crippen molar-refractivity contribution in [2.45, 2.75) is 78.1 Å². The first-order chi connectivity index (χ1) is 19.3. The molecule has 0 bridgehead atoms. The largest absolute Gasteiger partial charge is 0.494 e. The molecule has 1 saturated heterocycles. The Hall–Kier alpha value is -3.56. The first-order valence-corrected chi connectivity index (χ1v) is 14.3. The van der Waals surface area contributed by atoms with E-state index in [-0.39, 0.29) is 17.2 Å². The van der Waals surface area contributed by atoms with E-state index >= 15 is 0 Å². The van der Waals surface area contributed by atoms with Gasteiger partial charge < -0.3 is 14.5 Å². The highest BCUT2D eigenvalue weighted by Gasteiger charge is 2.36. The Morgan fingerprint density at radius 3 is 2.67 bits per heavy atom. The van der Waals surface area contributed by atoms with Gasteiger partial charge in [-0.15, -0.1) is 5.10 Å². The average Bonchev–Trinajstić information content (AvgIpc) is 3.63. The predicted octanol–water partition coefficient (Wildman–Crippen LogP) is 5.14. The Balaban J connectivity index is 1.66. The molecule has 212 valence electrons. The minimum absolute atomic E-state index is 0.0656. The Morgan fingerprint density at radius 1 is 1.18 bits per heavy atom. The summed E-state index contributed by atoms with van der Waals surface area (Å²) in [6.45, 7) is 13.0. The maximum atomic E-state index is 13.8. The zero-order chi connectivity index (χ0) is 28.3. The molecule has 1 aliphatic heterocycles. The van der Waals surface area contributed by atoms with E-state index in [2.05, 4.69) is 70.4 Å². The smallest absolute Gasteiger partial charge is 0.253 e. The lowest BCUT2D eigenvalue weighted by atomic mass is 9.98. The van der Waals surface area contributed by atoms with Crippen molar-refractivity contribution in [3.8, 4) is 5.75 Å². The van der Waals surface area contributed by atoms with Crippen molar-refractivity contribution in [2.75, 3.05) is 19.8 Å². The van der Waals surface area contributed by atoms with Crippen molar-refractivity contribution in [1.82, 2.24) is 30.1 Å². The molecular formula is C31H40N6O3. The second-order valence-electron chi connectivity index (χ2n) is 11.3. The number of hydrogen-bond donors (Lipinski definition) is 1. The topological polar surface area (TPSA) is 98.2 Å². The second-order valence-corrected chi connectivity index (χ2v) is 11.3. The van der Waals surface area contributed by atoms with Gasteiger partial charge in [0.05, 0.1) is 18.2 Å². The summed E-state index contributed by atoms with van der Waals surface area (Å²) < 4.78 is 13.7. The fourth-order valence-corrected chi connectivity index (χ4v) is 5.38. The Kier molecular flexibility index (Phi) is 8.32. The highest BCUT2D eigenvalue weighted by Crippen LogP contribution is 2.33. The van der Waals surface area contributed by atoms with Crippen molar-refractivity contribution < 1.29 is 9.47 Å². The molecule has 2 aromatic heterocycles. The summed E-state index contributed by atoms with van der Waals surface area (Å²) in [7, 11) is 0. The van der Waals surface area contributed by atoms with Gasteiger partial charge in [-0.3, -0.25) is 9.69 Å². The number of nitrogens with one attached hydrogen (secondary N) is 1. The molecular weight excluding hydrogens is 504 g/mol. The van der Waals surface area contributed by atoms with Crippen LogP contribution >= 0.6 is 0 Å². The first-order valence-electron chi connectivity index (χ1n) is 14.3. The van der Waals surface area contributed by atoms with Crippen molar-refractivity contribution in [3.05, 3.63) is 81.4 Å². The van der Waals surface area contributed by atoms with Gasteiger partial charge in [0.25, 0.3) is 5.56 Å². The number of nitrogens with zero attached hydrogens (tertiary/aromatic N) is 5. The number of H-pyrrole nitrogens is 1. The van der Waals surface area contributed by atoms with Gasteiger partial charge in [0.2, 0.25) is 0 Å². The normalized spacial score (nSPS) is 16.6. The molecule has 5 rings (SSSR count). The molecule has 9 heteroatoms. The molecule has 1 fully saturated rings. The summed E-state index contributed by atoms with van der Waals surface area (Å²) in [4.78, 5) is 19.3. The number of fused-ring (bicyclic) bond motifs is 1. The van der Waals surface area contributed by atoms with Crippen molar-refractivity contribution in [1.29, 1.82) is 0 Å². The lowest BCUT2D eigenvalue weighted by Crippen LogP contribution is -2.41. The second kappa shape index (κ2) is 11.9. The van der Waals surface area contributed by atoms with Crippen LogP contribution in [0.2, 0.25) is 0 Å². The molecule has 2 atom stereocenters. The lowest BCUT2D eigenvalue weighted by molar-refractivity contribution is 0.0562. The van der Waals surface area contributed by atoms with Crippen LogP contribution < -0.4 is 10.3 Å². The van der Waals surface area contributed by atoms with Gasteiger partial charge in [-0.1, -0.05) is 31.2 Å². The van der Waals surface area contributed by atoms with Gasteiger partial charge in [-0.2, -0.15) is 0 Å². The number of hydrogen-bond acceptors (Lipinski definition) is 7. The van der Waals surface area contributed by atoms with Gasteiger partial charge in [-0.05, 0) is 98.2 Å². The number of tetrazole rings is 1. The van der Waals surface area contributed by atoms with Gasteiger partial charge in [0.1, 0.15) is 11.8 Å². The number of benzene rings is 2. The molecule has 0 radical (unpaired) electrons. The van der Waals surface area contributed by atoms with Crippen molar-refractivity contribution in [3.63, 3.8) is 0 Å². The van der Waals surface area contributed by atoms with Crippen LogP contribution in [0.5, 0.6) is 5.75 Å². The van der Waals surface area contributed by atoms with E-state index in [1.165, 1.54) is 0 Å². The molecule has 40 heavy (non-hydrogen) atoms.